The number of hydrogen-bond acceptors (Lipinski definition) is 2. The number of carbonyl (C=O) groups is 2. The van der Waals surface area contributed by atoms with E-state index in [1.807, 2.05) is 25.1 Å². The second kappa shape index (κ2) is 6.60. The normalized spacial score (nSPS) is 16.7. The van der Waals surface area contributed by atoms with Crippen molar-refractivity contribution >= 4 is 33.5 Å². The number of carbonyl (C=O) groups excluding carboxylic acids is 1. The van der Waals surface area contributed by atoms with Crippen molar-refractivity contribution < 1.29 is 14.7 Å². The molecule has 1 saturated carbocycles. The Labute approximate surface area is 133 Å². The average molecular weight is 354 g/mol. The Bertz CT molecular complexity index is 550. The first-order valence-electron chi connectivity index (χ1n) is 7.28. The van der Waals surface area contributed by atoms with Gasteiger partial charge in [-0.05, 0) is 43.0 Å². The van der Waals surface area contributed by atoms with Gasteiger partial charge in [0.2, 0.25) is 5.91 Å². The number of amides is 1. The van der Waals surface area contributed by atoms with Crippen LogP contribution in [0.1, 0.15) is 44.6 Å². The zero-order valence-electron chi connectivity index (χ0n) is 12.1. The molecule has 1 aliphatic rings. The van der Waals surface area contributed by atoms with Crippen molar-refractivity contribution in [3.05, 3.63) is 28.2 Å². The Morgan fingerprint density at radius 3 is 2.57 bits per heavy atom. The second-order valence-electron chi connectivity index (χ2n) is 5.67. The first kappa shape index (κ1) is 16.0. The Kier molecular flexibility index (Phi) is 5.04. The predicted octanol–water partition coefficient (Wildman–Crippen LogP) is 3.99. The summed E-state index contributed by atoms with van der Waals surface area (Å²) < 4.78 is 0.968. The first-order chi connectivity index (χ1) is 9.97. The molecule has 0 aliphatic heterocycles. The summed E-state index contributed by atoms with van der Waals surface area (Å²) in [4.78, 5) is 23.7. The maximum Gasteiger partial charge on any atom is 0.310 e. The Balaban J connectivity index is 2.10. The number of nitrogens with one attached hydrogen (secondary N) is 1. The van der Waals surface area contributed by atoms with E-state index in [2.05, 4.69) is 21.2 Å². The molecule has 0 spiro atoms. The number of carboxylic acids is 1. The fourth-order valence-electron chi connectivity index (χ4n) is 3.00. The minimum Gasteiger partial charge on any atom is -0.481 e. The van der Waals surface area contributed by atoms with Crippen LogP contribution in [0.25, 0.3) is 0 Å². The Morgan fingerprint density at radius 1 is 1.33 bits per heavy atom. The summed E-state index contributed by atoms with van der Waals surface area (Å²) in [5.74, 6) is -1.06. The molecular formula is C16H20BrNO3. The molecule has 1 aliphatic carbocycles. The van der Waals surface area contributed by atoms with Crippen LogP contribution < -0.4 is 5.32 Å². The third-order valence-electron chi connectivity index (χ3n) is 4.24. The van der Waals surface area contributed by atoms with E-state index in [4.69, 9.17) is 0 Å². The number of rotatable bonds is 5. The molecule has 0 aromatic heterocycles. The summed E-state index contributed by atoms with van der Waals surface area (Å²) in [6, 6.07) is 5.69. The number of carboxylic acid groups (broad SMARTS) is 1. The highest BCUT2D eigenvalue weighted by atomic mass is 79.9. The third-order valence-corrected chi connectivity index (χ3v) is 4.73. The van der Waals surface area contributed by atoms with Crippen molar-refractivity contribution in [2.75, 3.05) is 5.32 Å². The standard InChI is InChI=1S/C16H20BrNO3/c1-2-11-9-12(17)5-6-13(11)18-14(19)10-16(15(20)21)7-3-4-8-16/h5-6,9H,2-4,7-8,10H2,1H3,(H,18,19)(H,20,21). The van der Waals surface area contributed by atoms with Gasteiger partial charge in [0.25, 0.3) is 0 Å². The summed E-state index contributed by atoms with van der Waals surface area (Å²) in [6.45, 7) is 2.02. The van der Waals surface area contributed by atoms with Crippen molar-refractivity contribution in [2.45, 2.75) is 45.4 Å². The number of halogens is 1. The smallest absolute Gasteiger partial charge is 0.310 e. The second-order valence-corrected chi connectivity index (χ2v) is 6.59. The molecule has 0 saturated heterocycles. The lowest BCUT2D eigenvalue weighted by atomic mass is 9.82. The van der Waals surface area contributed by atoms with Crippen LogP contribution in [0.2, 0.25) is 0 Å². The molecule has 5 heteroatoms. The quantitative estimate of drug-likeness (QED) is 0.840. The number of aliphatic carboxylic acids is 1. The van der Waals surface area contributed by atoms with Crippen molar-refractivity contribution in [3.63, 3.8) is 0 Å². The van der Waals surface area contributed by atoms with Crippen molar-refractivity contribution in [1.29, 1.82) is 0 Å². The van der Waals surface area contributed by atoms with Crippen molar-refractivity contribution in [3.8, 4) is 0 Å². The molecule has 2 rings (SSSR count). The summed E-state index contributed by atoms with van der Waals surface area (Å²) in [5.41, 5.74) is 0.934. The molecule has 0 atom stereocenters. The number of hydrogen-bond donors (Lipinski definition) is 2. The zero-order chi connectivity index (χ0) is 15.5. The van der Waals surface area contributed by atoms with Gasteiger partial charge in [-0.1, -0.05) is 35.7 Å². The highest BCUT2D eigenvalue weighted by molar-refractivity contribution is 9.10. The molecule has 4 nitrogen and oxygen atoms in total. The maximum absolute atomic E-state index is 12.2. The van der Waals surface area contributed by atoms with Crippen molar-refractivity contribution in [1.82, 2.24) is 0 Å². The van der Waals surface area contributed by atoms with Crippen molar-refractivity contribution in [2.24, 2.45) is 5.41 Å². The zero-order valence-corrected chi connectivity index (χ0v) is 13.7. The SMILES string of the molecule is CCc1cc(Br)ccc1NC(=O)CC1(C(=O)O)CCCC1. The van der Waals surface area contributed by atoms with Gasteiger partial charge in [-0.2, -0.15) is 0 Å². The van der Waals surface area contributed by atoms with Crippen LogP contribution >= 0.6 is 15.9 Å². The summed E-state index contributed by atoms with van der Waals surface area (Å²) in [6.07, 6.45) is 3.82. The maximum atomic E-state index is 12.2. The highest BCUT2D eigenvalue weighted by Gasteiger charge is 2.42. The monoisotopic (exact) mass is 353 g/mol. The van der Waals surface area contributed by atoms with E-state index >= 15 is 0 Å². The van der Waals surface area contributed by atoms with Gasteiger partial charge in [0.15, 0.2) is 0 Å². The number of aryl methyl sites for hydroxylation is 1. The topological polar surface area (TPSA) is 66.4 Å². The van der Waals surface area contributed by atoms with Crippen LogP contribution in [-0.2, 0) is 16.0 Å². The fourth-order valence-corrected chi connectivity index (χ4v) is 3.41. The van der Waals surface area contributed by atoms with Gasteiger partial charge in [-0.3, -0.25) is 9.59 Å². The lowest BCUT2D eigenvalue weighted by Gasteiger charge is -2.23. The van der Waals surface area contributed by atoms with E-state index in [1.165, 1.54) is 0 Å². The Morgan fingerprint density at radius 2 is 2.00 bits per heavy atom. The molecular weight excluding hydrogens is 334 g/mol. The van der Waals surface area contributed by atoms with E-state index < -0.39 is 11.4 Å². The fraction of sp³-hybridized carbons (Fsp3) is 0.500. The highest BCUT2D eigenvalue weighted by Crippen LogP contribution is 2.41. The van der Waals surface area contributed by atoms with E-state index in [0.717, 1.165) is 35.0 Å². The van der Waals surface area contributed by atoms with Gasteiger partial charge in [0, 0.05) is 16.6 Å². The lowest BCUT2D eigenvalue weighted by Crippen LogP contribution is -2.32. The largest absolute Gasteiger partial charge is 0.481 e. The van der Waals surface area contributed by atoms with Crippen LogP contribution in [0.5, 0.6) is 0 Å². The van der Waals surface area contributed by atoms with E-state index in [1.54, 1.807) is 0 Å². The van der Waals surface area contributed by atoms with Crippen LogP contribution in [0.15, 0.2) is 22.7 Å². The minimum absolute atomic E-state index is 0.0571. The van der Waals surface area contributed by atoms with Crippen LogP contribution in [0.3, 0.4) is 0 Å². The molecule has 1 aromatic rings. The van der Waals surface area contributed by atoms with E-state index in [0.29, 0.717) is 12.8 Å². The predicted molar refractivity (Wildman–Crippen MR) is 85.3 cm³/mol. The summed E-state index contributed by atoms with van der Waals surface area (Å²) >= 11 is 3.41. The first-order valence-corrected chi connectivity index (χ1v) is 8.08. The molecule has 21 heavy (non-hydrogen) atoms. The van der Waals surface area contributed by atoms with Gasteiger partial charge in [-0.25, -0.2) is 0 Å². The molecule has 1 aromatic carbocycles. The lowest BCUT2D eigenvalue weighted by molar-refractivity contribution is -0.150. The van der Waals surface area contributed by atoms with E-state index in [9.17, 15) is 14.7 Å². The third kappa shape index (κ3) is 3.64. The van der Waals surface area contributed by atoms with Gasteiger partial charge in [0.1, 0.15) is 0 Å². The molecule has 1 fully saturated rings. The molecule has 0 unspecified atom stereocenters. The van der Waals surface area contributed by atoms with Gasteiger partial charge in [-0.15, -0.1) is 0 Å². The molecule has 1 amide bonds. The Hall–Kier alpha value is -1.36. The van der Waals surface area contributed by atoms with E-state index in [-0.39, 0.29) is 12.3 Å². The number of anilines is 1. The molecule has 2 N–H and O–H groups in total. The van der Waals surface area contributed by atoms with Gasteiger partial charge >= 0.3 is 5.97 Å². The van der Waals surface area contributed by atoms with Gasteiger partial charge < -0.3 is 10.4 Å². The molecule has 0 radical (unpaired) electrons. The molecule has 0 bridgehead atoms. The van der Waals surface area contributed by atoms with Gasteiger partial charge in [0.05, 0.1) is 5.41 Å². The van der Waals surface area contributed by atoms with Crippen LogP contribution in [-0.4, -0.2) is 17.0 Å². The minimum atomic E-state index is -0.869. The van der Waals surface area contributed by atoms with Crippen LogP contribution in [0.4, 0.5) is 5.69 Å². The summed E-state index contributed by atoms with van der Waals surface area (Å²) in [7, 11) is 0. The van der Waals surface area contributed by atoms with Crippen LogP contribution in [0, 0.1) is 5.41 Å². The average Bonchev–Trinajstić information content (AvgIpc) is 2.90. The molecule has 114 valence electrons. The molecule has 0 heterocycles. The summed E-state index contributed by atoms with van der Waals surface area (Å²) in [5, 5.41) is 12.3. The number of benzene rings is 1.